The highest BCUT2D eigenvalue weighted by Gasteiger charge is 2.17. The molecule has 88 valence electrons. The fourth-order valence-corrected chi connectivity index (χ4v) is 1.80. The Kier molecular flexibility index (Phi) is 6.41. The zero-order chi connectivity index (χ0) is 10.9. The van der Waals surface area contributed by atoms with Crippen molar-refractivity contribution >= 4 is 5.97 Å². The lowest BCUT2D eigenvalue weighted by atomic mass is 9.98. The van der Waals surface area contributed by atoms with Gasteiger partial charge in [-0.2, -0.15) is 0 Å². The normalized spacial score (nSPS) is 17.7. The number of carbonyl (C=O) groups excluding carboxylic acids is 1. The number of hydrogen-bond acceptors (Lipinski definition) is 3. The highest BCUT2D eigenvalue weighted by molar-refractivity contribution is 5.70. The maximum atomic E-state index is 11.3. The predicted molar refractivity (Wildman–Crippen MR) is 58.7 cm³/mol. The molecule has 3 heteroatoms. The molecule has 1 saturated carbocycles. The molecule has 0 unspecified atom stereocenters. The number of unbranched alkanes of at least 4 members (excludes halogenated alkanes) is 1. The van der Waals surface area contributed by atoms with Gasteiger partial charge in [-0.1, -0.05) is 19.8 Å². The fourth-order valence-electron chi connectivity index (χ4n) is 1.80. The summed E-state index contributed by atoms with van der Waals surface area (Å²) in [4.78, 5) is 11.3. The number of esters is 1. The summed E-state index contributed by atoms with van der Waals surface area (Å²) in [6.07, 6.45) is 7.97. The predicted octanol–water partition coefficient (Wildman–Crippen LogP) is 2.68. The second-order valence-electron chi connectivity index (χ2n) is 4.16. The molecule has 0 atom stereocenters. The van der Waals surface area contributed by atoms with Crippen molar-refractivity contribution in [1.29, 1.82) is 0 Å². The maximum absolute atomic E-state index is 11.3. The molecule has 0 N–H and O–H groups in total. The first-order chi connectivity index (χ1) is 7.33. The average Bonchev–Trinajstić information content (AvgIpc) is 2.26. The lowest BCUT2D eigenvalue weighted by molar-refractivity contribution is -0.155. The Labute approximate surface area is 92.1 Å². The van der Waals surface area contributed by atoms with E-state index in [1.54, 1.807) is 0 Å². The van der Waals surface area contributed by atoms with E-state index in [-0.39, 0.29) is 18.7 Å². The zero-order valence-electron chi connectivity index (χ0n) is 9.67. The van der Waals surface area contributed by atoms with Crippen LogP contribution in [0.1, 0.15) is 51.9 Å². The van der Waals surface area contributed by atoms with Gasteiger partial charge in [0.15, 0.2) is 0 Å². The van der Waals surface area contributed by atoms with E-state index in [2.05, 4.69) is 6.92 Å². The molecule has 0 aromatic rings. The molecule has 3 nitrogen and oxygen atoms in total. The first kappa shape index (κ1) is 12.5. The van der Waals surface area contributed by atoms with Crippen molar-refractivity contribution in [2.45, 2.75) is 58.0 Å². The molecule has 0 aromatic heterocycles. The summed E-state index contributed by atoms with van der Waals surface area (Å²) in [6, 6.07) is 0. The number of ether oxygens (including phenoxy) is 2. The van der Waals surface area contributed by atoms with Crippen LogP contribution < -0.4 is 0 Å². The third-order valence-electron chi connectivity index (χ3n) is 2.71. The quantitative estimate of drug-likeness (QED) is 0.503. The van der Waals surface area contributed by atoms with E-state index in [0.29, 0.717) is 6.61 Å². The SMILES string of the molecule is CCCCOCC(=O)OC1CCCCC1. The molecule has 1 fully saturated rings. The van der Waals surface area contributed by atoms with Gasteiger partial charge in [0.05, 0.1) is 0 Å². The van der Waals surface area contributed by atoms with Crippen LogP contribution in [0.4, 0.5) is 0 Å². The molecule has 0 spiro atoms. The van der Waals surface area contributed by atoms with Crippen LogP contribution in [0.5, 0.6) is 0 Å². The van der Waals surface area contributed by atoms with Crippen LogP contribution in [0.2, 0.25) is 0 Å². The molecule has 0 aliphatic heterocycles. The molecule has 15 heavy (non-hydrogen) atoms. The van der Waals surface area contributed by atoms with Crippen molar-refractivity contribution in [3.8, 4) is 0 Å². The smallest absolute Gasteiger partial charge is 0.332 e. The third kappa shape index (κ3) is 5.78. The second kappa shape index (κ2) is 7.69. The first-order valence-corrected chi connectivity index (χ1v) is 6.10. The first-order valence-electron chi connectivity index (χ1n) is 6.10. The monoisotopic (exact) mass is 214 g/mol. The Morgan fingerprint density at radius 3 is 2.67 bits per heavy atom. The molecule has 0 radical (unpaired) electrons. The van der Waals surface area contributed by atoms with Crippen molar-refractivity contribution < 1.29 is 14.3 Å². The van der Waals surface area contributed by atoms with Crippen LogP contribution in [0.3, 0.4) is 0 Å². The summed E-state index contributed by atoms with van der Waals surface area (Å²) < 4.78 is 10.5. The highest BCUT2D eigenvalue weighted by Crippen LogP contribution is 2.20. The van der Waals surface area contributed by atoms with Crippen LogP contribution in [-0.4, -0.2) is 25.3 Å². The minimum atomic E-state index is -0.196. The molecular formula is C12H22O3. The fraction of sp³-hybridized carbons (Fsp3) is 0.917. The van der Waals surface area contributed by atoms with Gasteiger partial charge in [0.25, 0.3) is 0 Å². The molecule has 1 rings (SSSR count). The highest BCUT2D eigenvalue weighted by atomic mass is 16.6. The van der Waals surface area contributed by atoms with Crippen LogP contribution in [0.15, 0.2) is 0 Å². The number of carbonyl (C=O) groups is 1. The molecule has 0 amide bonds. The summed E-state index contributed by atoms with van der Waals surface area (Å²) in [5, 5.41) is 0. The molecular weight excluding hydrogens is 192 g/mol. The Balaban J connectivity index is 2.01. The lowest BCUT2D eigenvalue weighted by Crippen LogP contribution is -2.23. The van der Waals surface area contributed by atoms with E-state index < -0.39 is 0 Å². The van der Waals surface area contributed by atoms with E-state index in [1.807, 2.05) is 0 Å². The van der Waals surface area contributed by atoms with Crippen molar-refractivity contribution in [2.24, 2.45) is 0 Å². The largest absolute Gasteiger partial charge is 0.461 e. The topological polar surface area (TPSA) is 35.5 Å². The zero-order valence-corrected chi connectivity index (χ0v) is 9.67. The number of rotatable bonds is 6. The van der Waals surface area contributed by atoms with Crippen molar-refractivity contribution in [1.82, 2.24) is 0 Å². The van der Waals surface area contributed by atoms with E-state index in [4.69, 9.17) is 9.47 Å². The number of hydrogen-bond donors (Lipinski definition) is 0. The van der Waals surface area contributed by atoms with Crippen molar-refractivity contribution in [3.05, 3.63) is 0 Å². The second-order valence-corrected chi connectivity index (χ2v) is 4.16. The standard InChI is InChI=1S/C12H22O3/c1-2-3-9-14-10-12(13)15-11-7-5-4-6-8-11/h11H,2-10H2,1H3. The Bertz CT molecular complexity index is 174. The Hall–Kier alpha value is -0.570. The van der Waals surface area contributed by atoms with Crippen LogP contribution >= 0.6 is 0 Å². The summed E-state index contributed by atoms with van der Waals surface area (Å²) in [5.41, 5.74) is 0. The molecule has 0 heterocycles. The summed E-state index contributed by atoms with van der Waals surface area (Å²) >= 11 is 0. The summed E-state index contributed by atoms with van der Waals surface area (Å²) in [6.45, 7) is 2.89. The minimum absolute atomic E-state index is 0.122. The molecule has 0 saturated heterocycles. The molecule has 1 aliphatic carbocycles. The Morgan fingerprint density at radius 2 is 2.00 bits per heavy atom. The van der Waals surface area contributed by atoms with E-state index >= 15 is 0 Å². The van der Waals surface area contributed by atoms with Gasteiger partial charge in [0, 0.05) is 6.61 Å². The van der Waals surface area contributed by atoms with Gasteiger partial charge >= 0.3 is 5.97 Å². The van der Waals surface area contributed by atoms with Gasteiger partial charge in [-0.15, -0.1) is 0 Å². The molecule has 0 aromatic carbocycles. The lowest BCUT2D eigenvalue weighted by Gasteiger charge is -2.21. The van der Waals surface area contributed by atoms with E-state index in [0.717, 1.165) is 25.7 Å². The van der Waals surface area contributed by atoms with Gasteiger partial charge in [-0.05, 0) is 32.1 Å². The molecule has 1 aliphatic rings. The van der Waals surface area contributed by atoms with Crippen molar-refractivity contribution in [3.63, 3.8) is 0 Å². The minimum Gasteiger partial charge on any atom is -0.461 e. The Morgan fingerprint density at radius 1 is 1.27 bits per heavy atom. The average molecular weight is 214 g/mol. The van der Waals surface area contributed by atoms with E-state index in [1.165, 1.54) is 19.3 Å². The van der Waals surface area contributed by atoms with Gasteiger partial charge in [0.1, 0.15) is 12.7 Å². The van der Waals surface area contributed by atoms with E-state index in [9.17, 15) is 4.79 Å². The molecule has 0 bridgehead atoms. The van der Waals surface area contributed by atoms with Crippen molar-refractivity contribution in [2.75, 3.05) is 13.2 Å². The van der Waals surface area contributed by atoms with Gasteiger partial charge in [-0.25, -0.2) is 4.79 Å². The van der Waals surface area contributed by atoms with Gasteiger partial charge in [0.2, 0.25) is 0 Å². The maximum Gasteiger partial charge on any atom is 0.332 e. The van der Waals surface area contributed by atoms with Crippen LogP contribution in [0.25, 0.3) is 0 Å². The summed E-state index contributed by atoms with van der Waals surface area (Å²) in [5.74, 6) is -0.196. The summed E-state index contributed by atoms with van der Waals surface area (Å²) in [7, 11) is 0. The van der Waals surface area contributed by atoms with Crippen LogP contribution in [0, 0.1) is 0 Å². The van der Waals surface area contributed by atoms with Gasteiger partial charge in [-0.3, -0.25) is 0 Å². The van der Waals surface area contributed by atoms with Crippen LogP contribution in [-0.2, 0) is 14.3 Å². The third-order valence-corrected chi connectivity index (χ3v) is 2.71. The van der Waals surface area contributed by atoms with Gasteiger partial charge < -0.3 is 9.47 Å².